The third-order valence-electron chi connectivity index (χ3n) is 2.36. The largest absolute Gasteiger partial charge is 0.476 e. The molecule has 0 amide bonds. The molecule has 0 bridgehead atoms. The van der Waals surface area contributed by atoms with Crippen LogP contribution in [0.15, 0.2) is 18.3 Å². The van der Waals surface area contributed by atoms with Crippen LogP contribution in [-0.4, -0.2) is 20.5 Å². The quantitative estimate of drug-likeness (QED) is 0.743. The summed E-state index contributed by atoms with van der Waals surface area (Å²) in [6.45, 7) is 3.72. The van der Waals surface area contributed by atoms with Crippen LogP contribution in [0.5, 0.6) is 0 Å². The Bertz CT molecular complexity index is 514. The van der Waals surface area contributed by atoms with E-state index in [1.54, 1.807) is 13.0 Å². The van der Waals surface area contributed by atoms with Crippen molar-refractivity contribution in [3.63, 3.8) is 0 Å². The number of hydrogen-bond acceptors (Lipinski definition) is 2. The molecule has 2 aromatic rings. The van der Waals surface area contributed by atoms with Gasteiger partial charge in [0.2, 0.25) is 0 Å². The van der Waals surface area contributed by atoms with Crippen LogP contribution in [0.3, 0.4) is 0 Å². The number of nitrogens with zero attached hydrogens (tertiary/aromatic N) is 2. The number of hydrogen-bond donors (Lipinski definition) is 1. The van der Waals surface area contributed by atoms with Crippen LogP contribution in [0.4, 0.5) is 0 Å². The first kappa shape index (κ1) is 8.74. The fraction of sp³-hybridized carbons (Fsp3) is 0.200. The third kappa shape index (κ3) is 1.08. The second-order valence-electron chi connectivity index (χ2n) is 3.20. The molecule has 72 valence electrons. The molecule has 4 heteroatoms. The molecule has 0 aliphatic carbocycles. The van der Waals surface area contributed by atoms with Gasteiger partial charge in [-0.1, -0.05) is 0 Å². The molecule has 0 atom stereocenters. The molecule has 1 N–H and O–H groups in total. The summed E-state index contributed by atoms with van der Waals surface area (Å²) in [5.41, 5.74) is 2.46. The molecule has 2 rings (SSSR count). The van der Waals surface area contributed by atoms with Gasteiger partial charge < -0.3 is 9.51 Å². The number of aromatic carboxylic acids is 1. The molecule has 14 heavy (non-hydrogen) atoms. The lowest BCUT2D eigenvalue weighted by molar-refractivity contribution is 0.0692. The zero-order valence-electron chi connectivity index (χ0n) is 7.98. The molecule has 0 radical (unpaired) electrons. The predicted octanol–water partition coefficient (Wildman–Crippen LogP) is 1.65. The number of fused-ring (bicyclic) bond motifs is 1. The molecule has 0 aromatic carbocycles. The van der Waals surface area contributed by atoms with E-state index in [1.165, 1.54) is 0 Å². The maximum Gasteiger partial charge on any atom is 0.356 e. The van der Waals surface area contributed by atoms with Crippen LogP contribution < -0.4 is 0 Å². The second kappa shape index (κ2) is 2.83. The molecule has 0 unspecified atom stereocenters. The van der Waals surface area contributed by atoms with Crippen LogP contribution >= 0.6 is 0 Å². The summed E-state index contributed by atoms with van der Waals surface area (Å²) in [7, 11) is 0. The van der Waals surface area contributed by atoms with Gasteiger partial charge in [0.05, 0.1) is 11.2 Å². The van der Waals surface area contributed by atoms with E-state index in [0.717, 1.165) is 11.4 Å². The fourth-order valence-electron chi connectivity index (χ4n) is 1.50. The predicted molar refractivity (Wildman–Crippen MR) is 51.6 cm³/mol. The van der Waals surface area contributed by atoms with Crippen molar-refractivity contribution in [2.45, 2.75) is 13.8 Å². The average Bonchev–Trinajstić information content (AvgIpc) is 2.59. The first-order chi connectivity index (χ1) is 6.61. The van der Waals surface area contributed by atoms with Gasteiger partial charge in [-0.2, -0.15) is 0 Å². The van der Waals surface area contributed by atoms with Gasteiger partial charge in [0, 0.05) is 11.9 Å². The Hall–Kier alpha value is -1.84. The van der Waals surface area contributed by atoms with E-state index in [0.29, 0.717) is 5.52 Å². The highest BCUT2D eigenvalue weighted by Crippen LogP contribution is 2.14. The summed E-state index contributed by atoms with van der Waals surface area (Å²) in [6.07, 6.45) is 1.84. The Morgan fingerprint density at radius 3 is 2.86 bits per heavy atom. The number of aromatic nitrogens is 2. The second-order valence-corrected chi connectivity index (χ2v) is 3.20. The van der Waals surface area contributed by atoms with Gasteiger partial charge >= 0.3 is 5.97 Å². The molecule has 4 nitrogen and oxygen atoms in total. The van der Waals surface area contributed by atoms with Gasteiger partial charge in [-0.3, -0.25) is 0 Å². The van der Waals surface area contributed by atoms with E-state index < -0.39 is 5.97 Å². The molecule has 2 heterocycles. The van der Waals surface area contributed by atoms with Gasteiger partial charge in [0.1, 0.15) is 0 Å². The minimum atomic E-state index is -0.989. The monoisotopic (exact) mass is 190 g/mol. The first-order valence-corrected chi connectivity index (χ1v) is 4.29. The van der Waals surface area contributed by atoms with Crippen molar-refractivity contribution in [2.75, 3.05) is 0 Å². The van der Waals surface area contributed by atoms with Crippen molar-refractivity contribution in [2.24, 2.45) is 0 Å². The molecule has 0 aliphatic rings. The number of carboxylic acid groups (broad SMARTS) is 1. The molecule has 0 saturated carbocycles. The lowest BCUT2D eigenvalue weighted by Crippen LogP contribution is -2.07. The summed E-state index contributed by atoms with van der Waals surface area (Å²) in [5, 5.41) is 8.94. The standard InChI is InChI=1S/C10H10N2O2/c1-6-7(2)12-5-3-4-8(12)9(11-6)10(13)14/h3-5H,1-2H3,(H,13,14). The normalized spacial score (nSPS) is 10.7. The maximum atomic E-state index is 10.9. The minimum Gasteiger partial charge on any atom is -0.476 e. The Balaban J connectivity index is 2.91. The summed E-state index contributed by atoms with van der Waals surface area (Å²) in [4.78, 5) is 15.0. The average molecular weight is 190 g/mol. The van der Waals surface area contributed by atoms with E-state index in [9.17, 15) is 4.79 Å². The summed E-state index contributed by atoms with van der Waals surface area (Å²) >= 11 is 0. The van der Waals surface area contributed by atoms with Crippen LogP contribution in [0.25, 0.3) is 5.52 Å². The van der Waals surface area contributed by atoms with Crippen molar-refractivity contribution in [3.8, 4) is 0 Å². The summed E-state index contributed by atoms with van der Waals surface area (Å²) in [5.74, 6) is -0.989. The third-order valence-corrected chi connectivity index (χ3v) is 2.36. The van der Waals surface area contributed by atoms with Crippen LogP contribution in [0, 0.1) is 13.8 Å². The highest BCUT2D eigenvalue weighted by molar-refractivity contribution is 5.93. The summed E-state index contributed by atoms with van der Waals surface area (Å²) in [6, 6.07) is 3.57. The van der Waals surface area contributed by atoms with Crippen LogP contribution in [-0.2, 0) is 0 Å². The summed E-state index contributed by atoms with van der Waals surface area (Å²) < 4.78 is 1.84. The maximum absolute atomic E-state index is 10.9. The van der Waals surface area contributed by atoms with Gasteiger partial charge in [-0.05, 0) is 26.0 Å². The van der Waals surface area contributed by atoms with Gasteiger partial charge in [0.25, 0.3) is 0 Å². The molecular weight excluding hydrogens is 180 g/mol. The highest BCUT2D eigenvalue weighted by atomic mass is 16.4. The van der Waals surface area contributed by atoms with Gasteiger partial charge in [-0.15, -0.1) is 0 Å². The van der Waals surface area contributed by atoms with Crippen molar-refractivity contribution in [3.05, 3.63) is 35.4 Å². The molecular formula is C10H10N2O2. The lowest BCUT2D eigenvalue weighted by Gasteiger charge is -2.06. The minimum absolute atomic E-state index is 0.109. The zero-order chi connectivity index (χ0) is 10.3. The van der Waals surface area contributed by atoms with Crippen LogP contribution in [0.1, 0.15) is 21.9 Å². The van der Waals surface area contributed by atoms with Crippen molar-refractivity contribution in [1.82, 2.24) is 9.38 Å². The van der Waals surface area contributed by atoms with E-state index in [4.69, 9.17) is 5.11 Å². The van der Waals surface area contributed by atoms with Gasteiger partial charge in [-0.25, -0.2) is 9.78 Å². The van der Waals surface area contributed by atoms with Crippen molar-refractivity contribution >= 4 is 11.5 Å². The lowest BCUT2D eigenvalue weighted by atomic mass is 10.3. The fourth-order valence-corrected chi connectivity index (χ4v) is 1.50. The Morgan fingerprint density at radius 2 is 2.21 bits per heavy atom. The van der Waals surface area contributed by atoms with Crippen LogP contribution in [0.2, 0.25) is 0 Å². The Kier molecular flexibility index (Phi) is 1.77. The number of carbonyl (C=O) groups is 1. The van der Waals surface area contributed by atoms with E-state index in [2.05, 4.69) is 4.98 Å². The molecule has 0 saturated heterocycles. The van der Waals surface area contributed by atoms with E-state index in [-0.39, 0.29) is 5.69 Å². The van der Waals surface area contributed by atoms with Crippen molar-refractivity contribution in [1.29, 1.82) is 0 Å². The smallest absolute Gasteiger partial charge is 0.356 e. The number of aryl methyl sites for hydroxylation is 2. The van der Waals surface area contributed by atoms with E-state index in [1.807, 2.05) is 23.6 Å². The Morgan fingerprint density at radius 1 is 1.50 bits per heavy atom. The highest BCUT2D eigenvalue weighted by Gasteiger charge is 2.13. The zero-order valence-corrected chi connectivity index (χ0v) is 7.98. The topological polar surface area (TPSA) is 54.6 Å². The molecule has 0 aliphatic heterocycles. The van der Waals surface area contributed by atoms with Gasteiger partial charge in [0.15, 0.2) is 5.69 Å². The molecule has 2 aromatic heterocycles. The Labute approximate surface area is 80.8 Å². The SMILES string of the molecule is Cc1nc(C(=O)O)c2cccn2c1C. The van der Waals surface area contributed by atoms with E-state index >= 15 is 0 Å². The first-order valence-electron chi connectivity index (χ1n) is 4.29. The number of rotatable bonds is 1. The number of carboxylic acids is 1. The molecule has 0 fully saturated rings. The molecule has 0 spiro atoms. The van der Waals surface area contributed by atoms with Crippen molar-refractivity contribution < 1.29 is 9.90 Å².